The summed E-state index contributed by atoms with van der Waals surface area (Å²) in [5.41, 5.74) is 0. The fraction of sp³-hybridized carbons (Fsp3) is 0.562. The van der Waals surface area contributed by atoms with Gasteiger partial charge in [0.05, 0.1) is 6.54 Å². The van der Waals surface area contributed by atoms with Crippen molar-refractivity contribution in [2.24, 2.45) is 4.99 Å². The van der Waals surface area contributed by atoms with Gasteiger partial charge in [-0.25, -0.2) is 0 Å². The molecule has 0 amide bonds. The van der Waals surface area contributed by atoms with Crippen molar-refractivity contribution in [2.45, 2.75) is 13.3 Å². The first-order chi connectivity index (χ1) is 10.7. The highest BCUT2D eigenvalue weighted by Crippen LogP contribution is 2.15. The molecule has 1 N–H and O–H groups in total. The molecule has 5 nitrogen and oxygen atoms in total. The standard InChI is InChI=1S/C16H26ClN3O2.HI/c1-4-18-16(19-10-5-12-21-3)20(2)11-13-22-15-8-6-14(17)7-9-15;/h6-9H,4-5,10-13H2,1-3H3,(H,18,19);1H. The molecule has 0 aromatic heterocycles. The Morgan fingerprint density at radius 2 is 1.96 bits per heavy atom. The summed E-state index contributed by atoms with van der Waals surface area (Å²) in [5.74, 6) is 1.71. The smallest absolute Gasteiger partial charge is 0.193 e. The van der Waals surface area contributed by atoms with Crippen molar-refractivity contribution in [1.29, 1.82) is 0 Å². The first kappa shape index (κ1) is 22.3. The Morgan fingerprint density at radius 3 is 2.57 bits per heavy atom. The number of hydrogen-bond donors (Lipinski definition) is 1. The number of methoxy groups -OCH3 is 1. The second kappa shape index (κ2) is 13.7. The molecule has 132 valence electrons. The highest BCUT2D eigenvalue weighted by molar-refractivity contribution is 14.0. The van der Waals surface area contributed by atoms with E-state index in [0.29, 0.717) is 11.6 Å². The lowest BCUT2D eigenvalue weighted by atomic mass is 10.3. The first-order valence-electron chi connectivity index (χ1n) is 7.54. The van der Waals surface area contributed by atoms with E-state index < -0.39 is 0 Å². The van der Waals surface area contributed by atoms with E-state index in [2.05, 4.69) is 22.1 Å². The monoisotopic (exact) mass is 455 g/mol. The molecule has 1 aromatic carbocycles. The molecule has 0 radical (unpaired) electrons. The van der Waals surface area contributed by atoms with E-state index in [4.69, 9.17) is 21.1 Å². The Bertz CT molecular complexity index is 443. The predicted molar refractivity (Wildman–Crippen MR) is 107 cm³/mol. The third kappa shape index (κ3) is 9.88. The lowest BCUT2D eigenvalue weighted by molar-refractivity contribution is 0.197. The van der Waals surface area contributed by atoms with Crippen molar-refractivity contribution >= 4 is 41.5 Å². The molecule has 0 saturated heterocycles. The number of benzene rings is 1. The summed E-state index contributed by atoms with van der Waals surface area (Å²) in [6.45, 7) is 5.71. The van der Waals surface area contributed by atoms with Gasteiger partial charge < -0.3 is 19.7 Å². The maximum atomic E-state index is 5.85. The lowest BCUT2D eigenvalue weighted by Gasteiger charge is -2.22. The Kier molecular flexibility index (Phi) is 13.3. The lowest BCUT2D eigenvalue weighted by Crippen LogP contribution is -2.41. The largest absolute Gasteiger partial charge is 0.492 e. The minimum Gasteiger partial charge on any atom is -0.492 e. The van der Waals surface area contributed by atoms with Crippen LogP contribution in [0.2, 0.25) is 5.02 Å². The molecular weight excluding hydrogens is 429 g/mol. The van der Waals surface area contributed by atoms with Crippen LogP contribution in [0, 0.1) is 0 Å². The van der Waals surface area contributed by atoms with Crippen molar-refractivity contribution in [3.8, 4) is 5.75 Å². The van der Waals surface area contributed by atoms with Gasteiger partial charge in [-0.05, 0) is 37.6 Å². The van der Waals surface area contributed by atoms with E-state index >= 15 is 0 Å². The molecule has 7 heteroatoms. The molecule has 0 aliphatic rings. The summed E-state index contributed by atoms with van der Waals surface area (Å²) < 4.78 is 10.7. The van der Waals surface area contributed by atoms with Gasteiger partial charge in [0, 0.05) is 38.9 Å². The number of rotatable bonds is 9. The van der Waals surface area contributed by atoms with Gasteiger partial charge in [0.2, 0.25) is 0 Å². The molecule has 0 aliphatic heterocycles. The van der Waals surface area contributed by atoms with Crippen LogP contribution in [0.4, 0.5) is 0 Å². The highest BCUT2D eigenvalue weighted by Gasteiger charge is 2.05. The van der Waals surface area contributed by atoms with Crippen LogP contribution < -0.4 is 10.1 Å². The van der Waals surface area contributed by atoms with Crippen molar-refractivity contribution < 1.29 is 9.47 Å². The van der Waals surface area contributed by atoms with E-state index in [-0.39, 0.29) is 24.0 Å². The molecule has 0 aliphatic carbocycles. The van der Waals surface area contributed by atoms with Crippen LogP contribution in [-0.2, 0) is 4.74 Å². The van der Waals surface area contributed by atoms with Crippen LogP contribution >= 0.6 is 35.6 Å². The number of halogens is 2. The Hall–Kier alpha value is -0.730. The summed E-state index contributed by atoms with van der Waals surface area (Å²) in [6, 6.07) is 7.38. The molecule has 1 rings (SSSR count). The van der Waals surface area contributed by atoms with E-state index in [1.807, 2.05) is 31.3 Å². The van der Waals surface area contributed by atoms with Crippen LogP contribution in [0.25, 0.3) is 0 Å². The number of guanidine groups is 1. The third-order valence-electron chi connectivity index (χ3n) is 2.97. The van der Waals surface area contributed by atoms with Crippen molar-refractivity contribution in [2.75, 3.05) is 47.0 Å². The van der Waals surface area contributed by atoms with Crippen LogP contribution in [0.1, 0.15) is 13.3 Å². The van der Waals surface area contributed by atoms with Gasteiger partial charge in [-0.1, -0.05) is 11.6 Å². The van der Waals surface area contributed by atoms with E-state index in [9.17, 15) is 0 Å². The Balaban J connectivity index is 0.00000484. The van der Waals surface area contributed by atoms with Crippen molar-refractivity contribution in [3.05, 3.63) is 29.3 Å². The van der Waals surface area contributed by atoms with Gasteiger partial charge in [-0.15, -0.1) is 24.0 Å². The zero-order valence-electron chi connectivity index (χ0n) is 14.0. The Morgan fingerprint density at radius 1 is 1.26 bits per heavy atom. The van der Waals surface area contributed by atoms with Gasteiger partial charge in [-0.3, -0.25) is 4.99 Å². The molecule has 0 bridgehead atoms. The maximum absolute atomic E-state index is 5.85. The predicted octanol–water partition coefficient (Wildman–Crippen LogP) is 3.27. The van der Waals surface area contributed by atoms with Gasteiger partial charge in [-0.2, -0.15) is 0 Å². The second-order valence-corrected chi connectivity index (χ2v) is 5.24. The van der Waals surface area contributed by atoms with E-state index in [1.54, 1.807) is 7.11 Å². The summed E-state index contributed by atoms with van der Waals surface area (Å²) in [5, 5.41) is 3.99. The van der Waals surface area contributed by atoms with Crippen LogP contribution in [0.3, 0.4) is 0 Å². The Labute approximate surface area is 161 Å². The highest BCUT2D eigenvalue weighted by atomic mass is 127. The minimum absolute atomic E-state index is 0. The minimum atomic E-state index is 0. The molecule has 0 atom stereocenters. The fourth-order valence-corrected chi connectivity index (χ4v) is 1.93. The van der Waals surface area contributed by atoms with Crippen LogP contribution in [-0.4, -0.2) is 57.9 Å². The average molecular weight is 456 g/mol. The zero-order chi connectivity index (χ0) is 16.2. The second-order valence-electron chi connectivity index (χ2n) is 4.81. The number of hydrogen-bond acceptors (Lipinski definition) is 3. The van der Waals surface area contributed by atoms with E-state index in [1.165, 1.54) is 0 Å². The fourth-order valence-electron chi connectivity index (χ4n) is 1.80. The normalized spacial score (nSPS) is 10.9. The summed E-state index contributed by atoms with van der Waals surface area (Å²) in [7, 11) is 3.71. The van der Waals surface area contributed by atoms with Crippen LogP contribution in [0.5, 0.6) is 5.75 Å². The van der Waals surface area contributed by atoms with Gasteiger partial charge in [0.1, 0.15) is 12.4 Å². The molecule has 0 unspecified atom stereocenters. The topological polar surface area (TPSA) is 46.1 Å². The molecule has 0 saturated carbocycles. The number of ether oxygens (including phenoxy) is 2. The van der Waals surface area contributed by atoms with E-state index in [0.717, 1.165) is 44.4 Å². The van der Waals surface area contributed by atoms with Gasteiger partial charge in [0.15, 0.2) is 5.96 Å². The van der Waals surface area contributed by atoms with Crippen molar-refractivity contribution in [1.82, 2.24) is 10.2 Å². The summed E-state index contributed by atoms with van der Waals surface area (Å²) in [4.78, 5) is 6.63. The molecule has 0 heterocycles. The average Bonchev–Trinajstić information content (AvgIpc) is 2.52. The summed E-state index contributed by atoms with van der Waals surface area (Å²) in [6.07, 6.45) is 0.917. The molecule has 0 spiro atoms. The number of nitrogens with zero attached hydrogens (tertiary/aromatic N) is 2. The van der Waals surface area contributed by atoms with Gasteiger partial charge >= 0.3 is 0 Å². The maximum Gasteiger partial charge on any atom is 0.193 e. The number of nitrogens with one attached hydrogen (secondary N) is 1. The first-order valence-corrected chi connectivity index (χ1v) is 7.92. The van der Waals surface area contributed by atoms with Crippen LogP contribution in [0.15, 0.2) is 29.3 Å². The number of aliphatic imine (C=N–C) groups is 1. The third-order valence-corrected chi connectivity index (χ3v) is 3.23. The molecular formula is C16H27ClIN3O2. The van der Waals surface area contributed by atoms with Crippen molar-refractivity contribution in [3.63, 3.8) is 0 Å². The summed E-state index contributed by atoms with van der Waals surface area (Å²) >= 11 is 5.85. The quantitative estimate of drug-likeness (QED) is 0.269. The molecule has 0 fully saturated rings. The molecule has 23 heavy (non-hydrogen) atoms. The zero-order valence-corrected chi connectivity index (χ0v) is 17.1. The number of likely N-dealkylation sites (N-methyl/N-ethyl adjacent to an activating group) is 1. The SMILES string of the molecule is CCNC(=NCCCOC)N(C)CCOc1ccc(Cl)cc1.I. The molecule has 1 aromatic rings. The van der Waals surface area contributed by atoms with Gasteiger partial charge in [0.25, 0.3) is 0 Å².